The van der Waals surface area contributed by atoms with Crippen molar-refractivity contribution in [3.05, 3.63) is 0 Å². The fourth-order valence-electron chi connectivity index (χ4n) is 4.49. The predicted octanol–water partition coefficient (Wildman–Crippen LogP) is 1.73. The second-order valence-electron chi connectivity index (χ2n) is 7.34. The van der Waals surface area contributed by atoms with E-state index in [-0.39, 0.29) is 0 Å². The first-order valence-corrected chi connectivity index (χ1v) is 7.56. The highest BCUT2D eigenvalue weighted by atomic mass is 16.5. The zero-order valence-electron chi connectivity index (χ0n) is 12.3. The van der Waals surface area contributed by atoms with E-state index in [9.17, 15) is 0 Å². The third kappa shape index (κ3) is 1.91. The lowest BCUT2D eigenvalue weighted by molar-refractivity contribution is -0.118. The van der Waals surface area contributed by atoms with Crippen molar-refractivity contribution >= 4 is 0 Å². The lowest BCUT2D eigenvalue weighted by Gasteiger charge is -2.56. The van der Waals surface area contributed by atoms with Crippen LogP contribution in [0.2, 0.25) is 0 Å². The van der Waals surface area contributed by atoms with E-state index in [2.05, 4.69) is 38.0 Å². The van der Waals surface area contributed by atoms with Gasteiger partial charge in [0.05, 0.1) is 6.10 Å². The van der Waals surface area contributed by atoms with E-state index in [4.69, 9.17) is 4.74 Å². The van der Waals surface area contributed by atoms with Gasteiger partial charge in [-0.15, -0.1) is 0 Å². The molecule has 1 saturated carbocycles. The maximum atomic E-state index is 5.88. The van der Waals surface area contributed by atoms with Crippen molar-refractivity contribution in [2.75, 3.05) is 26.7 Å². The molecule has 1 aliphatic carbocycles. The first-order chi connectivity index (χ1) is 8.50. The zero-order valence-corrected chi connectivity index (χ0v) is 12.3. The molecule has 0 radical (unpaired) electrons. The van der Waals surface area contributed by atoms with Crippen molar-refractivity contribution in [2.45, 2.75) is 51.8 Å². The molecular weight excluding hydrogens is 224 g/mol. The summed E-state index contributed by atoms with van der Waals surface area (Å²) in [7, 11) is 2.24. The second-order valence-corrected chi connectivity index (χ2v) is 7.34. The zero-order chi connectivity index (χ0) is 12.9. The average Bonchev–Trinajstić information content (AvgIpc) is 2.74. The summed E-state index contributed by atoms with van der Waals surface area (Å²) in [6.07, 6.45) is 3.06. The van der Waals surface area contributed by atoms with E-state index in [1.807, 2.05) is 0 Å². The van der Waals surface area contributed by atoms with Crippen LogP contribution >= 0.6 is 0 Å². The maximum absolute atomic E-state index is 5.88. The van der Waals surface area contributed by atoms with Crippen LogP contribution in [0.1, 0.15) is 33.6 Å². The van der Waals surface area contributed by atoms with Gasteiger partial charge >= 0.3 is 0 Å². The molecule has 3 nitrogen and oxygen atoms in total. The molecule has 18 heavy (non-hydrogen) atoms. The molecule has 0 spiro atoms. The van der Waals surface area contributed by atoms with Gasteiger partial charge in [-0.3, -0.25) is 0 Å². The molecule has 3 rings (SSSR count). The van der Waals surface area contributed by atoms with E-state index in [0.717, 1.165) is 18.4 Å². The topological polar surface area (TPSA) is 24.5 Å². The first-order valence-electron chi connectivity index (χ1n) is 7.56. The van der Waals surface area contributed by atoms with Crippen LogP contribution in [0.25, 0.3) is 0 Å². The molecule has 5 unspecified atom stereocenters. The molecule has 3 heteroatoms. The molecule has 2 heterocycles. The minimum Gasteiger partial charge on any atom is -0.377 e. The summed E-state index contributed by atoms with van der Waals surface area (Å²) in [4.78, 5) is 2.45. The summed E-state index contributed by atoms with van der Waals surface area (Å²) in [5.41, 5.74) is 0.324. The normalized spacial score (nSPS) is 47.7. The van der Waals surface area contributed by atoms with Crippen molar-refractivity contribution < 1.29 is 4.74 Å². The lowest BCUT2D eigenvalue weighted by Crippen LogP contribution is -2.68. The minimum absolute atomic E-state index is 0.324. The Bertz CT molecular complexity index is 318. The van der Waals surface area contributed by atoms with E-state index in [0.29, 0.717) is 23.6 Å². The van der Waals surface area contributed by atoms with E-state index in [1.165, 1.54) is 25.9 Å². The monoisotopic (exact) mass is 252 g/mol. The number of hydrogen-bond donors (Lipinski definition) is 1. The van der Waals surface area contributed by atoms with Gasteiger partial charge in [-0.1, -0.05) is 20.8 Å². The van der Waals surface area contributed by atoms with Gasteiger partial charge < -0.3 is 15.0 Å². The average molecular weight is 252 g/mol. The third-order valence-corrected chi connectivity index (χ3v) is 5.60. The van der Waals surface area contributed by atoms with Crippen LogP contribution in [0.5, 0.6) is 0 Å². The predicted molar refractivity (Wildman–Crippen MR) is 73.6 cm³/mol. The molecule has 2 saturated heterocycles. The molecule has 3 aliphatic rings. The highest BCUT2D eigenvalue weighted by molar-refractivity contribution is 5.12. The maximum Gasteiger partial charge on any atom is 0.0685 e. The summed E-state index contributed by atoms with van der Waals surface area (Å²) >= 11 is 0. The Balaban J connectivity index is 1.63. The van der Waals surface area contributed by atoms with Crippen molar-refractivity contribution in [1.29, 1.82) is 0 Å². The molecule has 2 aliphatic heterocycles. The van der Waals surface area contributed by atoms with Gasteiger partial charge in [0, 0.05) is 36.6 Å². The summed E-state index contributed by atoms with van der Waals surface area (Å²) in [5, 5.41) is 3.98. The van der Waals surface area contributed by atoms with Crippen LogP contribution < -0.4 is 5.32 Å². The van der Waals surface area contributed by atoms with Crippen LogP contribution in [-0.4, -0.2) is 49.8 Å². The van der Waals surface area contributed by atoms with Gasteiger partial charge in [0.2, 0.25) is 0 Å². The molecule has 5 atom stereocenters. The summed E-state index contributed by atoms with van der Waals surface area (Å²) in [5.74, 6) is 1.53. The smallest absolute Gasteiger partial charge is 0.0685 e. The fraction of sp³-hybridized carbons (Fsp3) is 1.00. The molecule has 104 valence electrons. The van der Waals surface area contributed by atoms with Gasteiger partial charge in [-0.05, 0) is 32.4 Å². The number of likely N-dealkylation sites (tertiary alicyclic amines) is 1. The number of hydrogen-bond acceptors (Lipinski definition) is 3. The van der Waals surface area contributed by atoms with E-state index in [1.54, 1.807) is 0 Å². The molecule has 0 amide bonds. The van der Waals surface area contributed by atoms with Crippen molar-refractivity contribution in [3.8, 4) is 0 Å². The van der Waals surface area contributed by atoms with Gasteiger partial charge in [0.15, 0.2) is 0 Å². The molecular formula is C15H28N2O. The minimum atomic E-state index is 0.324. The van der Waals surface area contributed by atoms with E-state index >= 15 is 0 Å². The Labute approximate surface area is 111 Å². The van der Waals surface area contributed by atoms with Crippen molar-refractivity contribution in [1.82, 2.24) is 10.2 Å². The van der Waals surface area contributed by atoms with Crippen molar-refractivity contribution in [3.63, 3.8) is 0 Å². The summed E-state index contributed by atoms with van der Waals surface area (Å²) in [6, 6.07) is 1.37. The van der Waals surface area contributed by atoms with Gasteiger partial charge in [-0.25, -0.2) is 0 Å². The SMILES string of the molecule is CC1CN(C)CCC1NC1C2CCOC2C1(C)C. The molecule has 3 fully saturated rings. The molecule has 0 aromatic rings. The van der Waals surface area contributed by atoms with Crippen LogP contribution in [0.3, 0.4) is 0 Å². The van der Waals surface area contributed by atoms with Crippen LogP contribution in [0.4, 0.5) is 0 Å². The molecule has 0 bridgehead atoms. The first kappa shape index (κ1) is 12.9. The summed E-state index contributed by atoms with van der Waals surface area (Å²) in [6.45, 7) is 10.6. The van der Waals surface area contributed by atoms with Crippen LogP contribution in [-0.2, 0) is 4.74 Å². The number of rotatable bonds is 2. The standard InChI is InChI=1S/C15H28N2O/c1-10-9-17(4)7-5-12(10)16-13-11-6-8-18-14(11)15(13,2)3/h10-14,16H,5-9H2,1-4H3. The summed E-state index contributed by atoms with van der Waals surface area (Å²) < 4.78 is 5.88. The van der Waals surface area contributed by atoms with Gasteiger partial charge in [0.1, 0.15) is 0 Å². The second kappa shape index (κ2) is 4.46. The Kier molecular flexibility index (Phi) is 3.20. The fourth-order valence-corrected chi connectivity index (χ4v) is 4.49. The van der Waals surface area contributed by atoms with Gasteiger partial charge in [0.25, 0.3) is 0 Å². The number of fused-ring (bicyclic) bond motifs is 1. The van der Waals surface area contributed by atoms with Gasteiger partial charge in [-0.2, -0.15) is 0 Å². The molecule has 1 N–H and O–H groups in total. The highest BCUT2D eigenvalue weighted by Gasteiger charge is 2.59. The number of piperidine rings is 1. The number of nitrogens with zero attached hydrogens (tertiary/aromatic N) is 1. The Morgan fingerprint density at radius 2 is 2.06 bits per heavy atom. The number of nitrogens with one attached hydrogen (secondary N) is 1. The van der Waals surface area contributed by atoms with Crippen LogP contribution in [0.15, 0.2) is 0 Å². The van der Waals surface area contributed by atoms with Crippen LogP contribution in [0, 0.1) is 17.3 Å². The van der Waals surface area contributed by atoms with E-state index < -0.39 is 0 Å². The quantitative estimate of drug-likeness (QED) is 0.810. The Morgan fingerprint density at radius 3 is 2.78 bits per heavy atom. The Hall–Kier alpha value is -0.120. The molecule has 0 aromatic heterocycles. The highest BCUT2D eigenvalue weighted by Crippen LogP contribution is 2.52. The van der Waals surface area contributed by atoms with Crippen molar-refractivity contribution in [2.24, 2.45) is 17.3 Å². The molecule has 0 aromatic carbocycles. The lowest BCUT2D eigenvalue weighted by atomic mass is 9.57. The number of ether oxygens (including phenoxy) is 1. The Morgan fingerprint density at radius 1 is 1.28 bits per heavy atom. The largest absolute Gasteiger partial charge is 0.377 e. The third-order valence-electron chi connectivity index (χ3n) is 5.60.